The molecule has 0 amide bonds. The maximum absolute atomic E-state index is 5.79. The van der Waals surface area contributed by atoms with Gasteiger partial charge in [0.15, 0.2) is 5.96 Å². The fraction of sp³-hybridized carbons (Fsp3) is 0.667. The Hall–Kier alpha value is -0.790. The second-order valence-corrected chi connectivity index (χ2v) is 4.92. The number of fused-ring (bicyclic) bond motifs is 1. The van der Waals surface area contributed by atoms with Crippen molar-refractivity contribution in [2.75, 3.05) is 0 Å². The van der Waals surface area contributed by atoms with E-state index in [-0.39, 0.29) is 24.0 Å². The van der Waals surface area contributed by atoms with Crippen LogP contribution in [0.5, 0.6) is 0 Å². The van der Waals surface area contributed by atoms with Gasteiger partial charge in [-0.2, -0.15) is 0 Å². The molecule has 100 valence electrons. The first-order valence-electron chi connectivity index (χ1n) is 6.42. The molecule has 0 spiro atoms. The van der Waals surface area contributed by atoms with Gasteiger partial charge in [0.2, 0.25) is 0 Å². The third-order valence-electron chi connectivity index (χ3n) is 3.30. The summed E-state index contributed by atoms with van der Waals surface area (Å²) in [7, 11) is 0. The highest BCUT2D eigenvalue weighted by molar-refractivity contribution is 14.0. The lowest BCUT2D eigenvalue weighted by Crippen LogP contribution is -2.33. The van der Waals surface area contributed by atoms with Gasteiger partial charge >= 0.3 is 0 Å². The van der Waals surface area contributed by atoms with E-state index in [4.69, 9.17) is 5.73 Å². The van der Waals surface area contributed by atoms with Crippen LogP contribution in [0.4, 0.5) is 0 Å². The Balaban J connectivity index is 0.00000120. The zero-order valence-corrected chi connectivity index (χ0v) is 12.8. The SMILES string of the molecule is I.NC(=NCc1cn2c(n1)CCCC2)NC1CC1. The van der Waals surface area contributed by atoms with Crippen LogP contribution in [0.15, 0.2) is 11.2 Å². The molecule has 5 nitrogen and oxygen atoms in total. The maximum atomic E-state index is 5.79. The molecule has 1 saturated carbocycles. The Morgan fingerprint density at radius 1 is 1.50 bits per heavy atom. The first kappa shape index (κ1) is 13.6. The number of nitrogens with one attached hydrogen (secondary N) is 1. The predicted octanol–water partition coefficient (Wildman–Crippen LogP) is 1.40. The van der Waals surface area contributed by atoms with Gasteiger partial charge in [-0.05, 0) is 25.7 Å². The summed E-state index contributed by atoms with van der Waals surface area (Å²) in [5.41, 5.74) is 6.82. The van der Waals surface area contributed by atoms with Crippen molar-refractivity contribution in [1.82, 2.24) is 14.9 Å². The van der Waals surface area contributed by atoms with Crippen LogP contribution in [-0.4, -0.2) is 21.6 Å². The van der Waals surface area contributed by atoms with Crippen LogP contribution in [0.2, 0.25) is 0 Å². The summed E-state index contributed by atoms with van der Waals surface area (Å²) >= 11 is 0. The summed E-state index contributed by atoms with van der Waals surface area (Å²) in [5.74, 6) is 1.76. The number of hydrogen-bond acceptors (Lipinski definition) is 2. The largest absolute Gasteiger partial charge is 0.370 e. The number of aromatic nitrogens is 2. The Kier molecular flexibility index (Phi) is 4.47. The number of hydrogen-bond donors (Lipinski definition) is 2. The van der Waals surface area contributed by atoms with Crippen LogP contribution < -0.4 is 11.1 Å². The summed E-state index contributed by atoms with van der Waals surface area (Å²) in [6.45, 7) is 1.69. The first-order valence-corrected chi connectivity index (χ1v) is 6.42. The Morgan fingerprint density at radius 3 is 3.06 bits per heavy atom. The van der Waals surface area contributed by atoms with Crippen molar-refractivity contribution < 1.29 is 0 Å². The molecule has 2 heterocycles. The molecule has 3 N–H and O–H groups in total. The van der Waals surface area contributed by atoms with E-state index in [2.05, 4.69) is 26.1 Å². The van der Waals surface area contributed by atoms with Gasteiger partial charge in [0.1, 0.15) is 5.82 Å². The van der Waals surface area contributed by atoms with Crippen molar-refractivity contribution >= 4 is 29.9 Å². The molecule has 1 aromatic heterocycles. The number of imidazole rings is 1. The lowest BCUT2D eigenvalue weighted by atomic mass is 10.2. The molecular formula is C12H20IN5. The zero-order chi connectivity index (χ0) is 11.7. The van der Waals surface area contributed by atoms with E-state index in [1.165, 1.54) is 31.5 Å². The van der Waals surface area contributed by atoms with Gasteiger partial charge in [0, 0.05) is 25.2 Å². The Morgan fingerprint density at radius 2 is 2.33 bits per heavy atom. The lowest BCUT2D eigenvalue weighted by Gasteiger charge is -2.11. The molecule has 2 aliphatic rings. The standard InChI is InChI=1S/C12H19N5.HI/c13-12(16-9-4-5-9)14-7-10-8-17-6-2-1-3-11(17)15-10;/h8-9H,1-7H2,(H3,13,14,16);1H. The minimum absolute atomic E-state index is 0. The molecule has 0 radical (unpaired) electrons. The third-order valence-corrected chi connectivity index (χ3v) is 3.30. The number of rotatable bonds is 3. The molecule has 0 atom stereocenters. The molecule has 1 aliphatic heterocycles. The van der Waals surface area contributed by atoms with Crippen molar-refractivity contribution in [2.24, 2.45) is 10.7 Å². The quantitative estimate of drug-likeness (QED) is 0.486. The molecule has 18 heavy (non-hydrogen) atoms. The van der Waals surface area contributed by atoms with Crippen molar-refractivity contribution in [3.8, 4) is 0 Å². The highest BCUT2D eigenvalue weighted by Gasteiger charge is 2.21. The topological polar surface area (TPSA) is 68.2 Å². The molecule has 6 heteroatoms. The van der Waals surface area contributed by atoms with Crippen molar-refractivity contribution in [3.05, 3.63) is 17.7 Å². The first-order chi connectivity index (χ1) is 8.31. The lowest BCUT2D eigenvalue weighted by molar-refractivity contribution is 0.522. The second-order valence-electron chi connectivity index (χ2n) is 4.92. The van der Waals surface area contributed by atoms with Crippen molar-refractivity contribution in [2.45, 2.75) is 51.2 Å². The van der Waals surface area contributed by atoms with Crippen LogP contribution in [0.3, 0.4) is 0 Å². The number of aliphatic imine (C=N–C) groups is 1. The molecule has 0 saturated heterocycles. The number of aryl methyl sites for hydroxylation is 2. The number of halogens is 1. The maximum Gasteiger partial charge on any atom is 0.189 e. The summed E-state index contributed by atoms with van der Waals surface area (Å²) in [4.78, 5) is 8.92. The zero-order valence-electron chi connectivity index (χ0n) is 10.4. The minimum Gasteiger partial charge on any atom is -0.370 e. The molecule has 0 bridgehead atoms. The van der Waals surface area contributed by atoms with Gasteiger partial charge < -0.3 is 15.6 Å². The highest BCUT2D eigenvalue weighted by Crippen LogP contribution is 2.18. The van der Waals surface area contributed by atoms with Crippen molar-refractivity contribution in [1.29, 1.82) is 0 Å². The molecule has 0 unspecified atom stereocenters. The summed E-state index contributed by atoms with van der Waals surface area (Å²) in [6, 6.07) is 0.564. The van der Waals surface area contributed by atoms with Crippen LogP contribution >= 0.6 is 24.0 Å². The minimum atomic E-state index is 0. The normalized spacial score (nSPS) is 19.0. The van der Waals surface area contributed by atoms with E-state index in [1.54, 1.807) is 0 Å². The van der Waals surface area contributed by atoms with E-state index >= 15 is 0 Å². The highest BCUT2D eigenvalue weighted by atomic mass is 127. The molecule has 1 aliphatic carbocycles. The number of nitrogens with two attached hydrogens (primary N) is 1. The predicted molar refractivity (Wildman–Crippen MR) is 82.1 cm³/mol. The van der Waals surface area contributed by atoms with Crippen LogP contribution in [0, 0.1) is 0 Å². The fourth-order valence-electron chi connectivity index (χ4n) is 2.20. The fourth-order valence-corrected chi connectivity index (χ4v) is 2.20. The van der Waals surface area contributed by atoms with Gasteiger partial charge in [-0.15, -0.1) is 24.0 Å². The van der Waals surface area contributed by atoms with Crippen LogP contribution in [-0.2, 0) is 19.5 Å². The van der Waals surface area contributed by atoms with E-state index in [0.717, 1.165) is 18.7 Å². The average Bonchev–Trinajstić information content (AvgIpc) is 3.03. The van der Waals surface area contributed by atoms with Crippen LogP contribution in [0.25, 0.3) is 0 Å². The van der Waals surface area contributed by atoms with Gasteiger partial charge in [-0.1, -0.05) is 0 Å². The molecule has 3 rings (SSSR count). The van der Waals surface area contributed by atoms with Crippen LogP contribution in [0.1, 0.15) is 37.2 Å². The number of guanidine groups is 1. The van der Waals surface area contributed by atoms with E-state index < -0.39 is 0 Å². The van der Waals surface area contributed by atoms with Crippen molar-refractivity contribution in [3.63, 3.8) is 0 Å². The van der Waals surface area contributed by atoms with Gasteiger partial charge in [0.05, 0.1) is 12.2 Å². The van der Waals surface area contributed by atoms with Gasteiger partial charge in [0.25, 0.3) is 0 Å². The molecule has 0 aromatic carbocycles. The van der Waals surface area contributed by atoms with E-state index in [0.29, 0.717) is 18.5 Å². The van der Waals surface area contributed by atoms with E-state index in [9.17, 15) is 0 Å². The van der Waals surface area contributed by atoms with Gasteiger partial charge in [-0.3, -0.25) is 0 Å². The molecular weight excluding hydrogens is 341 g/mol. The third kappa shape index (κ3) is 3.37. The average molecular weight is 361 g/mol. The monoisotopic (exact) mass is 361 g/mol. The second kappa shape index (κ2) is 5.90. The Labute approximate surface area is 124 Å². The summed E-state index contributed by atoms with van der Waals surface area (Å²) < 4.78 is 2.25. The smallest absolute Gasteiger partial charge is 0.189 e. The van der Waals surface area contributed by atoms with Gasteiger partial charge in [-0.25, -0.2) is 9.98 Å². The number of nitrogens with zero attached hydrogens (tertiary/aromatic N) is 3. The summed E-state index contributed by atoms with van der Waals surface area (Å²) in [5, 5.41) is 3.18. The summed E-state index contributed by atoms with van der Waals surface area (Å²) in [6.07, 6.45) is 8.16. The molecule has 1 aromatic rings. The Bertz CT molecular complexity index is 412. The van der Waals surface area contributed by atoms with E-state index in [1.807, 2.05) is 0 Å². The molecule has 1 fully saturated rings.